The van der Waals surface area contributed by atoms with Gasteiger partial charge in [0.25, 0.3) is 0 Å². The molecule has 0 saturated carbocycles. The van der Waals surface area contributed by atoms with Crippen LogP contribution in [0.1, 0.15) is 40.5 Å². The van der Waals surface area contributed by atoms with Gasteiger partial charge in [-0.15, -0.1) is 0 Å². The van der Waals surface area contributed by atoms with Crippen LogP contribution in [0.4, 0.5) is 0 Å². The van der Waals surface area contributed by atoms with Crippen LogP contribution in [0.5, 0.6) is 0 Å². The van der Waals surface area contributed by atoms with Crippen molar-refractivity contribution in [3.05, 3.63) is 179 Å². The van der Waals surface area contributed by atoms with Gasteiger partial charge in [0.1, 0.15) is 36.6 Å². The van der Waals surface area contributed by atoms with Gasteiger partial charge in [-0.25, -0.2) is 0 Å². The van der Waals surface area contributed by atoms with E-state index in [4.69, 9.17) is 52.1 Å². The Hall–Kier alpha value is -4.34. The molecule has 11 nitrogen and oxygen atoms in total. The fourth-order valence-electron chi connectivity index (χ4n) is 8.60. The Morgan fingerprint density at radius 3 is 1.62 bits per heavy atom. The molecule has 4 aliphatic rings. The molecule has 0 spiro atoms. The number of ether oxygens (including phenoxy) is 11. The van der Waals surface area contributed by atoms with Crippen molar-refractivity contribution in [1.82, 2.24) is 0 Å². The molecule has 0 radical (unpaired) electrons. The van der Waals surface area contributed by atoms with E-state index in [1.54, 1.807) is 7.11 Å². The molecule has 320 valence electrons. The predicted molar refractivity (Wildman–Crippen MR) is 223 cm³/mol. The highest BCUT2D eigenvalue weighted by Gasteiger charge is 2.56. The fraction of sp³-hybridized carbons (Fsp3) is 0.400. The summed E-state index contributed by atoms with van der Waals surface area (Å²) in [5.41, 5.74) is 5.07. The van der Waals surface area contributed by atoms with Gasteiger partial charge in [-0.05, 0) is 22.3 Å². The monoisotopic (exact) mass is 830 g/mol. The second kappa shape index (κ2) is 20.7. The molecule has 0 aliphatic carbocycles. The first kappa shape index (κ1) is 42.0. The van der Waals surface area contributed by atoms with Crippen LogP contribution in [0.3, 0.4) is 0 Å². The normalized spacial score (nSPS) is 31.0. The van der Waals surface area contributed by atoms with Crippen LogP contribution in [0, 0.1) is 5.92 Å². The average Bonchev–Trinajstić information content (AvgIpc) is 3.73. The van der Waals surface area contributed by atoms with Gasteiger partial charge in [-0.2, -0.15) is 0 Å². The number of benzene rings is 5. The first-order valence-electron chi connectivity index (χ1n) is 21.2. The Morgan fingerprint density at radius 1 is 0.525 bits per heavy atom. The Labute approximate surface area is 357 Å². The second-order valence-corrected chi connectivity index (χ2v) is 15.8. The molecule has 5 aromatic carbocycles. The molecule has 4 fully saturated rings. The zero-order valence-electron chi connectivity index (χ0n) is 34.3. The molecule has 9 rings (SSSR count). The smallest absolute Gasteiger partial charge is 0.186 e. The van der Waals surface area contributed by atoms with E-state index in [-0.39, 0.29) is 19.1 Å². The molecule has 5 aromatic rings. The highest BCUT2D eigenvalue weighted by molar-refractivity contribution is 5.18. The first-order valence-corrected chi connectivity index (χ1v) is 21.2. The van der Waals surface area contributed by atoms with Crippen molar-refractivity contribution in [3.63, 3.8) is 0 Å². The molecule has 12 atom stereocenters. The van der Waals surface area contributed by atoms with Crippen molar-refractivity contribution in [1.29, 1.82) is 0 Å². The molecule has 11 heteroatoms. The zero-order valence-corrected chi connectivity index (χ0v) is 34.3. The van der Waals surface area contributed by atoms with Crippen LogP contribution in [0.2, 0.25) is 0 Å². The van der Waals surface area contributed by atoms with Crippen LogP contribution in [-0.4, -0.2) is 81.9 Å². The number of hydrogen-bond donors (Lipinski definition) is 0. The van der Waals surface area contributed by atoms with Gasteiger partial charge in [0.2, 0.25) is 0 Å². The van der Waals surface area contributed by atoms with Crippen LogP contribution in [0.15, 0.2) is 152 Å². The molecular formula is C50H54O11. The Morgan fingerprint density at radius 2 is 1.05 bits per heavy atom. The standard InChI is InChI=1S/C50H54O11/c1-51-50-47(55-31-37-23-13-5-14-24-37)46(45-41(58-50)33-56-48(61-45)38-25-15-6-16-26-38)59-42-27-39-43(53-29-35-19-9-3-10-20-35)44(54-30-36-21-11-4-12-22-36)40(57-49(39)60-42)32-52-28-34-17-7-2-8-18-34/h2-26,39-50H,27-33H2,1H3/t39-,40-,41-,42-,43-,44-,45-,46+,47-,48?,49-,50+/m1/s1. The van der Waals surface area contributed by atoms with Gasteiger partial charge in [-0.3, -0.25) is 0 Å². The maximum atomic E-state index is 7.09. The van der Waals surface area contributed by atoms with Crippen LogP contribution in [-0.2, 0) is 78.5 Å². The summed E-state index contributed by atoms with van der Waals surface area (Å²) in [6.45, 7) is 2.03. The van der Waals surface area contributed by atoms with Crippen molar-refractivity contribution >= 4 is 0 Å². The predicted octanol–water partition coefficient (Wildman–Crippen LogP) is 7.92. The lowest BCUT2D eigenvalue weighted by Gasteiger charge is -2.49. The third-order valence-electron chi connectivity index (χ3n) is 11.7. The van der Waals surface area contributed by atoms with Gasteiger partial charge in [-0.1, -0.05) is 152 Å². The lowest BCUT2D eigenvalue weighted by atomic mass is 9.89. The minimum Gasteiger partial charge on any atom is -0.374 e. The van der Waals surface area contributed by atoms with Crippen molar-refractivity contribution in [2.24, 2.45) is 5.92 Å². The SMILES string of the molecule is CO[C@H]1O[C@@H]2COC(c3ccccc3)O[C@H]2[C@H](O[C@H]2C[C@H]3[C@@H](O2)O[C@H](COCc2ccccc2)[C@@H](OCc2ccccc2)[C@@H]3OCc2ccccc2)[C@H]1OCc1ccccc1. The summed E-state index contributed by atoms with van der Waals surface area (Å²) < 4.78 is 72.8. The Kier molecular flexibility index (Phi) is 14.2. The third-order valence-corrected chi connectivity index (χ3v) is 11.7. The van der Waals surface area contributed by atoms with Crippen molar-refractivity contribution in [2.45, 2.75) is 101 Å². The van der Waals surface area contributed by atoms with E-state index in [9.17, 15) is 0 Å². The number of rotatable bonds is 17. The molecule has 61 heavy (non-hydrogen) atoms. The molecule has 4 aliphatic heterocycles. The molecule has 0 aromatic heterocycles. The van der Waals surface area contributed by atoms with E-state index in [2.05, 4.69) is 24.3 Å². The molecule has 4 heterocycles. The molecule has 0 N–H and O–H groups in total. The molecule has 1 unspecified atom stereocenters. The maximum Gasteiger partial charge on any atom is 0.186 e. The summed E-state index contributed by atoms with van der Waals surface area (Å²) in [6, 6.07) is 50.3. The summed E-state index contributed by atoms with van der Waals surface area (Å²) in [5.74, 6) is -0.245. The molecule has 4 saturated heterocycles. The van der Waals surface area contributed by atoms with Crippen molar-refractivity contribution in [2.75, 3.05) is 20.3 Å². The van der Waals surface area contributed by atoms with Gasteiger partial charge >= 0.3 is 0 Å². The second-order valence-electron chi connectivity index (χ2n) is 15.8. The van der Waals surface area contributed by atoms with Gasteiger partial charge in [0.05, 0.1) is 45.7 Å². The topological polar surface area (TPSA) is 102 Å². The van der Waals surface area contributed by atoms with E-state index in [1.165, 1.54) is 0 Å². The molecule has 0 amide bonds. The van der Waals surface area contributed by atoms with E-state index in [0.29, 0.717) is 32.8 Å². The van der Waals surface area contributed by atoms with E-state index in [1.807, 2.05) is 127 Å². The third kappa shape index (κ3) is 10.5. The quantitative estimate of drug-likeness (QED) is 0.0914. The molecular weight excluding hydrogens is 777 g/mol. The van der Waals surface area contributed by atoms with Crippen LogP contribution in [0.25, 0.3) is 0 Å². The summed E-state index contributed by atoms with van der Waals surface area (Å²) in [6.07, 6.45) is -6.17. The summed E-state index contributed by atoms with van der Waals surface area (Å²) in [4.78, 5) is 0. The van der Waals surface area contributed by atoms with Gasteiger partial charge in [0, 0.05) is 25.0 Å². The lowest BCUT2D eigenvalue weighted by molar-refractivity contribution is -0.382. The zero-order chi connectivity index (χ0) is 41.2. The summed E-state index contributed by atoms with van der Waals surface area (Å²) >= 11 is 0. The summed E-state index contributed by atoms with van der Waals surface area (Å²) in [5, 5.41) is 0. The van der Waals surface area contributed by atoms with Crippen molar-refractivity contribution in [3.8, 4) is 0 Å². The Balaban J connectivity index is 0.992. The van der Waals surface area contributed by atoms with Gasteiger partial charge < -0.3 is 52.1 Å². The largest absolute Gasteiger partial charge is 0.374 e. The number of methoxy groups -OCH3 is 1. The van der Waals surface area contributed by atoms with Crippen LogP contribution >= 0.6 is 0 Å². The van der Waals surface area contributed by atoms with E-state index >= 15 is 0 Å². The lowest BCUT2D eigenvalue weighted by Crippen LogP contribution is -2.64. The van der Waals surface area contributed by atoms with Crippen molar-refractivity contribution < 1.29 is 52.1 Å². The fourth-order valence-corrected chi connectivity index (χ4v) is 8.60. The summed E-state index contributed by atoms with van der Waals surface area (Å²) in [7, 11) is 1.61. The number of hydrogen-bond acceptors (Lipinski definition) is 11. The van der Waals surface area contributed by atoms with Gasteiger partial charge in [0.15, 0.2) is 25.2 Å². The minimum absolute atomic E-state index is 0.245. The maximum absolute atomic E-state index is 7.09. The Bertz CT molecular complexity index is 2020. The highest BCUT2D eigenvalue weighted by Crippen LogP contribution is 2.43. The van der Waals surface area contributed by atoms with Crippen LogP contribution < -0.4 is 0 Å². The molecule has 0 bridgehead atoms. The average molecular weight is 831 g/mol. The highest BCUT2D eigenvalue weighted by atomic mass is 16.8. The minimum atomic E-state index is -0.765. The first-order chi connectivity index (χ1) is 30.2. The van der Waals surface area contributed by atoms with E-state index < -0.39 is 67.9 Å². The number of fused-ring (bicyclic) bond motifs is 2. The van der Waals surface area contributed by atoms with E-state index in [0.717, 1.165) is 27.8 Å².